The predicted molar refractivity (Wildman–Crippen MR) is 119 cm³/mol. The molecule has 8 heteroatoms. The second-order valence-corrected chi connectivity index (χ2v) is 8.87. The number of aromatic nitrogens is 3. The molecule has 5 nitrogen and oxygen atoms in total. The van der Waals surface area contributed by atoms with Gasteiger partial charge in [-0.3, -0.25) is 14.3 Å². The van der Waals surface area contributed by atoms with Crippen molar-refractivity contribution in [1.29, 1.82) is 0 Å². The van der Waals surface area contributed by atoms with Gasteiger partial charge in [0, 0.05) is 60.7 Å². The number of hydrogen-bond donors (Lipinski definition) is 1. The molecule has 0 unspecified atom stereocenters. The van der Waals surface area contributed by atoms with Crippen LogP contribution in [0.3, 0.4) is 0 Å². The molecule has 1 N–H and O–H groups in total. The van der Waals surface area contributed by atoms with E-state index in [0.29, 0.717) is 23.2 Å². The fraction of sp³-hybridized carbons (Fsp3) is 0.280. The smallest absolute Gasteiger partial charge is 0.347 e. The van der Waals surface area contributed by atoms with Gasteiger partial charge in [-0.15, -0.1) is 0 Å². The molecule has 168 valence electrons. The van der Waals surface area contributed by atoms with Crippen LogP contribution < -0.4 is 10.9 Å². The summed E-state index contributed by atoms with van der Waals surface area (Å²) in [5.41, 5.74) is 4.36. The third-order valence-electron chi connectivity index (χ3n) is 6.96. The number of nitrogens with one attached hydrogen (secondary N) is 1. The van der Waals surface area contributed by atoms with Crippen molar-refractivity contribution in [2.75, 3.05) is 0 Å². The van der Waals surface area contributed by atoms with Crippen LogP contribution in [0.5, 0.6) is 0 Å². The van der Waals surface area contributed by atoms with E-state index in [2.05, 4.69) is 28.0 Å². The molecule has 2 aliphatic rings. The summed E-state index contributed by atoms with van der Waals surface area (Å²) in [4.78, 5) is 16.4. The summed E-state index contributed by atoms with van der Waals surface area (Å²) in [6, 6.07) is 12.4. The van der Waals surface area contributed by atoms with E-state index in [9.17, 15) is 18.0 Å². The molecular formula is C25H21F3N4O. The van der Waals surface area contributed by atoms with Gasteiger partial charge < -0.3 is 9.88 Å². The van der Waals surface area contributed by atoms with E-state index in [1.165, 1.54) is 35.2 Å². The van der Waals surface area contributed by atoms with E-state index in [1.807, 2.05) is 12.1 Å². The van der Waals surface area contributed by atoms with Gasteiger partial charge >= 0.3 is 6.18 Å². The SMILES string of the molecule is Cn1c2c(c3ccc(-n4ccc(-c5ccc(C(F)(F)F)nc5)cc4=O)cc31)[C@@H]1CC[C@H](C2)N1. The lowest BCUT2D eigenvalue weighted by molar-refractivity contribution is -0.141. The van der Waals surface area contributed by atoms with Crippen LogP contribution in [-0.2, 0) is 19.6 Å². The van der Waals surface area contributed by atoms with Crippen LogP contribution in [0.15, 0.2) is 59.7 Å². The van der Waals surface area contributed by atoms with Gasteiger partial charge in [0.25, 0.3) is 5.56 Å². The van der Waals surface area contributed by atoms with E-state index in [1.54, 1.807) is 16.8 Å². The van der Waals surface area contributed by atoms with Crippen LogP contribution in [-0.4, -0.2) is 20.2 Å². The Labute approximate surface area is 187 Å². The molecule has 1 aromatic carbocycles. The maximum absolute atomic E-state index is 12.9. The van der Waals surface area contributed by atoms with Crippen LogP contribution in [0.25, 0.3) is 27.7 Å². The average Bonchev–Trinajstić information content (AvgIpc) is 3.31. The zero-order valence-corrected chi connectivity index (χ0v) is 17.9. The second kappa shape index (κ2) is 7.05. The van der Waals surface area contributed by atoms with Crippen molar-refractivity contribution in [3.63, 3.8) is 0 Å². The van der Waals surface area contributed by atoms with Crippen molar-refractivity contribution in [3.05, 3.63) is 82.2 Å². The monoisotopic (exact) mass is 450 g/mol. The highest BCUT2D eigenvalue weighted by molar-refractivity contribution is 5.88. The minimum atomic E-state index is -4.49. The lowest BCUT2D eigenvalue weighted by Gasteiger charge is -2.23. The van der Waals surface area contributed by atoms with Crippen molar-refractivity contribution in [2.24, 2.45) is 7.05 Å². The highest BCUT2D eigenvalue weighted by Crippen LogP contribution is 2.41. The number of benzene rings is 1. The molecule has 3 aromatic heterocycles. The third kappa shape index (κ3) is 3.20. The van der Waals surface area contributed by atoms with Crippen LogP contribution in [0.1, 0.15) is 35.8 Å². The lowest BCUT2D eigenvalue weighted by atomic mass is 9.99. The number of alkyl halides is 3. The van der Waals surface area contributed by atoms with Crippen LogP contribution in [0, 0.1) is 0 Å². The molecule has 0 spiro atoms. The number of rotatable bonds is 2. The Hall–Kier alpha value is -3.39. The predicted octanol–water partition coefficient (Wildman–Crippen LogP) is 4.76. The number of fused-ring (bicyclic) bond motifs is 6. The maximum atomic E-state index is 12.9. The van der Waals surface area contributed by atoms with Crippen molar-refractivity contribution in [3.8, 4) is 16.8 Å². The quantitative estimate of drug-likeness (QED) is 0.479. The fourth-order valence-corrected chi connectivity index (χ4v) is 5.34. The van der Waals surface area contributed by atoms with Gasteiger partial charge in [-0.2, -0.15) is 13.2 Å². The third-order valence-corrected chi connectivity index (χ3v) is 6.96. The van der Waals surface area contributed by atoms with Crippen LogP contribution >= 0.6 is 0 Å². The molecule has 0 saturated carbocycles. The van der Waals surface area contributed by atoms with Crippen LogP contribution in [0.2, 0.25) is 0 Å². The molecule has 1 fully saturated rings. The van der Waals surface area contributed by atoms with Crippen LogP contribution in [0.4, 0.5) is 13.2 Å². The molecule has 4 aromatic rings. The topological polar surface area (TPSA) is 51.9 Å². The molecule has 0 radical (unpaired) electrons. The Morgan fingerprint density at radius 2 is 1.91 bits per heavy atom. The first-order chi connectivity index (χ1) is 15.8. The van der Waals surface area contributed by atoms with Gasteiger partial charge in [0.2, 0.25) is 0 Å². The average molecular weight is 450 g/mol. The fourth-order valence-electron chi connectivity index (χ4n) is 5.34. The summed E-state index contributed by atoms with van der Waals surface area (Å²) in [5, 5.41) is 4.92. The van der Waals surface area contributed by atoms with Gasteiger partial charge in [-0.1, -0.05) is 12.1 Å². The molecular weight excluding hydrogens is 429 g/mol. The van der Waals surface area contributed by atoms with E-state index in [0.717, 1.165) is 36.3 Å². The summed E-state index contributed by atoms with van der Waals surface area (Å²) >= 11 is 0. The lowest BCUT2D eigenvalue weighted by Crippen LogP contribution is -2.32. The molecule has 0 amide bonds. The molecule has 2 bridgehead atoms. The minimum absolute atomic E-state index is 0.258. The van der Waals surface area contributed by atoms with Gasteiger partial charge in [-0.25, -0.2) is 0 Å². The second-order valence-electron chi connectivity index (χ2n) is 8.87. The van der Waals surface area contributed by atoms with E-state index < -0.39 is 11.9 Å². The molecule has 6 rings (SSSR count). The Morgan fingerprint density at radius 3 is 2.64 bits per heavy atom. The number of halogens is 3. The number of pyridine rings is 2. The summed E-state index contributed by atoms with van der Waals surface area (Å²) < 4.78 is 42.1. The summed E-state index contributed by atoms with van der Waals surface area (Å²) in [5.74, 6) is 0. The Balaban J connectivity index is 1.38. The molecule has 1 saturated heterocycles. The molecule has 0 aliphatic carbocycles. The standard InChI is InChI=1S/C25H21F3N4O/c1-31-20-12-17(4-5-18(20)24-19-6-3-16(30-19)11-21(24)31)32-9-8-14(10-23(32)33)15-2-7-22(29-13-15)25(26,27)28/h2,4-5,7-10,12-13,16,19,30H,3,6,11H2,1H3/t16-,19+/m1/s1. The number of hydrogen-bond acceptors (Lipinski definition) is 3. The molecule has 2 aliphatic heterocycles. The summed E-state index contributed by atoms with van der Waals surface area (Å²) in [6.07, 6.45) is 1.68. The summed E-state index contributed by atoms with van der Waals surface area (Å²) in [6.45, 7) is 0. The van der Waals surface area contributed by atoms with Gasteiger partial charge in [0.05, 0.1) is 11.2 Å². The molecule has 2 atom stereocenters. The zero-order valence-electron chi connectivity index (χ0n) is 17.9. The summed E-state index contributed by atoms with van der Waals surface area (Å²) in [7, 11) is 2.08. The first-order valence-electron chi connectivity index (χ1n) is 10.9. The first kappa shape index (κ1) is 20.2. The van der Waals surface area contributed by atoms with Gasteiger partial charge in [0.1, 0.15) is 5.69 Å². The Kier molecular flexibility index (Phi) is 4.32. The number of nitrogens with zero attached hydrogens (tertiary/aromatic N) is 3. The molecule has 5 heterocycles. The van der Waals surface area contributed by atoms with Crippen molar-refractivity contribution in [1.82, 2.24) is 19.4 Å². The minimum Gasteiger partial charge on any atom is -0.347 e. The highest BCUT2D eigenvalue weighted by Gasteiger charge is 2.36. The van der Waals surface area contributed by atoms with Gasteiger partial charge in [-0.05, 0) is 48.2 Å². The maximum Gasteiger partial charge on any atom is 0.433 e. The van der Waals surface area contributed by atoms with E-state index in [4.69, 9.17) is 0 Å². The van der Waals surface area contributed by atoms with Gasteiger partial charge in [0.15, 0.2) is 0 Å². The van der Waals surface area contributed by atoms with E-state index >= 15 is 0 Å². The van der Waals surface area contributed by atoms with Crippen molar-refractivity contribution < 1.29 is 13.2 Å². The zero-order chi connectivity index (χ0) is 22.9. The molecule has 33 heavy (non-hydrogen) atoms. The normalized spacial score (nSPS) is 19.8. The van der Waals surface area contributed by atoms with Crippen molar-refractivity contribution in [2.45, 2.75) is 37.5 Å². The Bertz CT molecular complexity index is 1450. The van der Waals surface area contributed by atoms with E-state index in [-0.39, 0.29) is 5.56 Å². The highest BCUT2D eigenvalue weighted by atomic mass is 19.4. The number of aryl methyl sites for hydroxylation is 1. The largest absolute Gasteiger partial charge is 0.433 e. The first-order valence-corrected chi connectivity index (χ1v) is 10.9. The van der Waals surface area contributed by atoms with Crippen molar-refractivity contribution >= 4 is 10.9 Å². The Morgan fingerprint density at radius 1 is 1.06 bits per heavy atom.